The number of halogens is 1. The van der Waals surface area contributed by atoms with Crippen LogP contribution in [0.2, 0.25) is 0 Å². The molecule has 0 saturated carbocycles. The average Bonchev–Trinajstić information content (AvgIpc) is 2.78. The van der Waals surface area contributed by atoms with Crippen LogP contribution >= 0.6 is 11.8 Å². The van der Waals surface area contributed by atoms with Gasteiger partial charge < -0.3 is 5.32 Å². The molecule has 1 N–H and O–H groups in total. The second kappa shape index (κ2) is 4.72. The lowest BCUT2D eigenvalue weighted by Gasteiger charge is -2.20. The summed E-state index contributed by atoms with van der Waals surface area (Å²) >= 11 is 1.61. The van der Waals surface area contributed by atoms with Crippen molar-refractivity contribution >= 4 is 17.7 Å². The molecule has 6 heteroatoms. The van der Waals surface area contributed by atoms with Crippen LogP contribution in [-0.2, 0) is 0 Å². The van der Waals surface area contributed by atoms with E-state index in [1.165, 1.54) is 18.2 Å². The Morgan fingerprint density at radius 2 is 2.47 bits per heavy atom. The fourth-order valence-corrected chi connectivity index (χ4v) is 2.86. The van der Waals surface area contributed by atoms with Gasteiger partial charge in [0.1, 0.15) is 11.2 Å². The van der Waals surface area contributed by atoms with Crippen LogP contribution < -0.4 is 5.32 Å². The summed E-state index contributed by atoms with van der Waals surface area (Å²) in [6, 6.07) is 6.13. The maximum atomic E-state index is 12.9. The molecule has 1 aromatic heterocycles. The van der Waals surface area contributed by atoms with Crippen molar-refractivity contribution in [3.63, 3.8) is 0 Å². The number of carbonyl (C=O) groups excluding carboxylic acids is 1. The normalized spacial score (nSPS) is 23.1. The topological polar surface area (TPSA) is 65.8 Å². The van der Waals surface area contributed by atoms with Crippen molar-refractivity contribution < 1.29 is 9.18 Å². The number of nitriles is 1. The highest BCUT2D eigenvalue weighted by molar-refractivity contribution is 7.99. The first kappa shape index (κ1) is 11.9. The first-order chi connectivity index (χ1) is 8.15. The smallest absolute Gasteiger partial charge is 0.271 e. The summed E-state index contributed by atoms with van der Waals surface area (Å²) in [5.74, 6) is 0.188. The maximum Gasteiger partial charge on any atom is 0.271 e. The van der Waals surface area contributed by atoms with E-state index in [9.17, 15) is 9.18 Å². The van der Waals surface area contributed by atoms with Gasteiger partial charge in [0.2, 0.25) is 5.95 Å². The molecule has 0 aromatic carbocycles. The molecule has 1 saturated heterocycles. The number of hydrogen-bond donors (Lipinski definition) is 1. The summed E-state index contributed by atoms with van der Waals surface area (Å²) < 4.78 is 12.9. The van der Waals surface area contributed by atoms with Gasteiger partial charge in [-0.2, -0.15) is 21.4 Å². The number of pyridine rings is 1. The highest BCUT2D eigenvalue weighted by Gasteiger charge is 2.36. The zero-order valence-corrected chi connectivity index (χ0v) is 9.76. The Labute approximate surface area is 102 Å². The number of rotatable bonds is 2. The number of amides is 1. The predicted molar refractivity (Wildman–Crippen MR) is 61.9 cm³/mol. The number of aromatic nitrogens is 1. The minimum atomic E-state index is -0.838. The Morgan fingerprint density at radius 3 is 3.06 bits per heavy atom. The first-order valence-corrected chi connectivity index (χ1v) is 6.25. The fraction of sp³-hybridized carbons (Fsp3) is 0.364. The third-order valence-electron chi connectivity index (χ3n) is 2.54. The van der Waals surface area contributed by atoms with E-state index >= 15 is 0 Å². The van der Waals surface area contributed by atoms with Gasteiger partial charge in [-0.15, -0.1) is 0 Å². The van der Waals surface area contributed by atoms with E-state index in [4.69, 9.17) is 5.26 Å². The van der Waals surface area contributed by atoms with Gasteiger partial charge in [-0.25, -0.2) is 4.98 Å². The molecule has 2 heterocycles. The molecule has 0 bridgehead atoms. The van der Waals surface area contributed by atoms with Crippen LogP contribution in [0, 0.1) is 17.3 Å². The number of hydrogen-bond acceptors (Lipinski definition) is 4. The number of nitrogens with one attached hydrogen (secondary N) is 1. The van der Waals surface area contributed by atoms with Crippen molar-refractivity contribution in [2.45, 2.75) is 12.0 Å². The van der Waals surface area contributed by atoms with E-state index < -0.39 is 17.4 Å². The summed E-state index contributed by atoms with van der Waals surface area (Å²) in [5.41, 5.74) is -0.841. The summed E-state index contributed by atoms with van der Waals surface area (Å²) in [6.45, 7) is 0. The molecule has 1 aliphatic rings. The van der Waals surface area contributed by atoms with Gasteiger partial charge in [0.05, 0.1) is 6.07 Å². The Hall–Kier alpha value is -1.61. The zero-order valence-electron chi connectivity index (χ0n) is 8.94. The molecule has 17 heavy (non-hydrogen) atoms. The van der Waals surface area contributed by atoms with E-state index in [-0.39, 0.29) is 5.69 Å². The van der Waals surface area contributed by atoms with Gasteiger partial charge >= 0.3 is 0 Å². The highest BCUT2D eigenvalue weighted by Crippen LogP contribution is 2.27. The van der Waals surface area contributed by atoms with Crippen molar-refractivity contribution in [2.75, 3.05) is 11.5 Å². The molecule has 0 radical (unpaired) electrons. The van der Waals surface area contributed by atoms with E-state index in [0.29, 0.717) is 12.2 Å². The van der Waals surface area contributed by atoms with Gasteiger partial charge in [0, 0.05) is 5.75 Å². The summed E-state index contributed by atoms with van der Waals surface area (Å²) in [4.78, 5) is 15.3. The Bertz CT molecular complexity index is 480. The highest BCUT2D eigenvalue weighted by atomic mass is 32.2. The zero-order chi connectivity index (χ0) is 12.3. The molecule has 1 aromatic rings. The molecule has 1 unspecified atom stereocenters. The lowest BCUT2D eigenvalue weighted by Crippen LogP contribution is -2.47. The van der Waals surface area contributed by atoms with Crippen molar-refractivity contribution in [1.82, 2.24) is 10.3 Å². The van der Waals surface area contributed by atoms with Crippen molar-refractivity contribution in [3.05, 3.63) is 29.8 Å². The molecule has 0 aliphatic carbocycles. The second-order valence-corrected chi connectivity index (χ2v) is 4.90. The Balaban J connectivity index is 2.14. The molecular formula is C11H10FN3OS. The molecule has 4 nitrogen and oxygen atoms in total. The largest absolute Gasteiger partial charge is 0.332 e. The SMILES string of the molecule is N#CC1(NC(=O)c2cccc(F)n2)CCSC1. The molecule has 0 spiro atoms. The van der Waals surface area contributed by atoms with Crippen LogP contribution in [0.25, 0.3) is 0 Å². The molecule has 1 atom stereocenters. The van der Waals surface area contributed by atoms with Crippen LogP contribution in [0.3, 0.4) is 0 Å². The van der Waals surface area contributed by atoms with Crippen LogP contribution in [0.15, 0.2) is 18.2 Å². The number of nitrogens with zero attached hydrogens (tertiary/aromatic N) is 2. The van der Waals surface area contributed by atoms with Crippen molar-refractivity contribution in [1.29, 1.82) is 5.26 Å². The first-order valence-electron chi connectivity index (χ1n) is 5.09. The standard InChI is InChI=1S/C11H10FN3OS/c12-9-3-1-2-8(14-9)10(16)15-11(6-13)4-5-17-7-11/h1-3H,4-5,7H2,(H,15,16). The molecule has 1 amide bonds. The van der Waals surface area contributed by atoms with Gasteiger partial charge in [0.15, 0.2) is 0 Å². The Morgan fingerprint density at radius 1 is 1.65 bits per heavy atom. The third-order valence-corrected chi connectivity index (χ3v) is 3.73. The average molecular weight is 251 g/mol. The van der Waals surface area contributed by atoms with Gasteiger partial charge in [0.25, 0.3) is 5.91 Å². The molecule has 88 valence electrons. The van der Waals surface area contributed by atoms with Crippen molar-refractivity contribution in [3.8, 4) is 6.07 Å². The lowest BCUT2D eigenvalue weighted by atomic mass is 10.0. The molecule has 1 fully saturated rings. The van der Waals surface area contributed by atoms with Crippen LogP contribution in [0.5, 0.6) is 0 Å². The number of thioether (sulfide) groups is 1. The lowest BCUT2D eigenvalue weighted by molar-refractivity contribution is 0.0920. The monoisotopic (exact) mass is 251 g/mol. The summed E-state index contributed by atoms with van der Waals surface area (Å²) in [7, 11) is 0. The number of carbonyl (C=O) groups is 1. The van der Waals surface area contributed by atoms with Gasteiger partial charge in [-0.3, -0.25) is 4.79 Å². The predicted octanol–water partition coefficient (Wildman–Crippen LogP) is 1.35. The van der Waals surface area contributed by atoms with Gasteiger partial charge in [-0.05, 0) is 24.3 Å². The third kappa shape index (κ3) is 2.56. The molecule has 2 rings (SSSR count). The minimum absolute atomic E-state index is 0.00322. The fourth-order valence-electron chi connectivity index (χ4n) is 1.60. The van der Waals surface area contributed by atoms with Gasteiger partial charge in [-0.1, -0.05) is 6.07 Å². The summed E-state index contributed by atoms with van der Waals surface area (Å²) in [5, 5.41) is 11.7. The molecule has 1 aliphatic heterocycles. The van der Waals surface area contributed by atoms with E-state index in [2.05, 4.69) is 16.4 Å². The van der Waals surface area contributed by atoms with E-state index in [1.807, 2.05) is 0 Å². The Kier molecular flexibility index (Phi) is 3.29. The van der Waals surface area contributed by atoms with Crippen LogP contribution in [-0.4, -0.2) is 27.9 Å². The van der Waals surface area contributed by atoms with Crippen LogP contribution in [0.1, 0.15) is 16.9 Å². The second-order valence-electron chi connectivity index (χ2n) is 3.80. The van der Waals surface area contributed by atoms with E-state index in [0.717, 1.165) is 5.75 Å². The van der Waals surface area contributed by atoms with Crippen LogP contribution in [0.4, 0.5) is 4.39 Å². The van der Waals surface area contributed by atoms with Crippen molar-refractivity contribution in [2.24, 2.45) is 0 Å². The molecular weight excluding hydrogens is 241 g/mol. The summed E-state index contributed by atoms with van der Waals surface area (Å²) in [6.07, 6.45) is 0.606. The van der Waals surface area contributed by atoms with E-state index in [1.54, 1.807) is 11.8 Å². The quantitative estimate of drug-likeness (QED) is 0.806. The maximum absolute atomic E-state index is 12.9. The minimum Gasteiger partial charge on any atom is -0.332 e.